The molecule has 2 saturated heterocycles. The van der Waals surface area contributed by atoms with Gasteiger partial charge in [0.2, 0.25) is 5.91 Å². The molecule has 28 heavy (non-hydrogen) atoms. The summed E-state index contributed by atoms with van der Waals surface area (Å²) in [4.78, 5) is 31.8. The van der Waals surface area contributed by atoms with Crippen LogP contribution in [0.5, 0.6) is 0 Å². The molecule has 1 aromatic carbocycles. The molecule has 2 aliphatic heterocycles. The maximum Gasteiger partial charge on any atom is 0.257 e. The van der Waals surface area contributed by atoms with Crippen LogP contribution in [0.3, 0.4) is 0 Å². The van der Waals surface area contributed by atoms with Gasteiger partial charge in [0, 0.05) is 52.5 Å². The van der Waals surface area contributed by atoms with Crippen LogP contribution >= 0.6 is 0 Å². The van der Waals surface area contributed by atoms with Gasteiger partial charge in [-0.15, -0.1) is 0 Å². The lowest BCUT2D eigenvalue weighted by Gasteiger charge is -2.42. The van der Waals surface area contributed by atoms with Gasteiger partial charge in [0.05, 0.1) is 17.8 Å². The number of hydrogen-bond donors (Lipinski definition) is 0. The summed E-state index contributed by atoms with van der Waals surface area (Å²) in [5, 5.41) is 4.08. The highest BCUT2D eigenvalue weighted by molar-refractivity contribution is 5.93. The van der Waals surface area contributed by atoms with Crippen LogP contribution in [0.2, 0.25) is 0 Å². The topological polar surface area (TPSA) is 61.7 Å². The van der Waals surface area contributed by atoms with Gasteiger partial charge in [0.1, 0.15) is 0 Å². The first-order chi connectivity index (χ1) is 13.6. The van der Waals surface area contributed by atoms with E-state index in [-0.39, 0.29) is 17.9 Å². The number of aromatic nitrogens is 2. The summed E-state index contributed by atoms with van der Waals surface area (Å²) in [5.41, 5.74) is 1.79. The molecule has 7 nitrogen and oxygen atoms in total. The lowest BCUT2D eigenvalue weighted by Crippen LogP contribution is -2.58. The predicted octanol–water partition coefficient (Wildman–Crippen LogP) is 1.37. The maximum atomic E-state index is 13.1. The lowest BCUT2D eigenvalue weighted by molar-refractivity contribution is -0.141. The summed E-state index contributed by atoms with van der Waals surface area (Å²) >= 11 is 0. The number of carbonyl (C=O) groups excluding carboxylic acids is 2. The maximum absolute atomic E-state index is 13.1. The number of likely N-dealkylation sites (tertiary alicyclic amines) is 1. The fourth-order valence-corrected chi connectivity index (χ4v) is 4.17. The van der Waals surface area contributed by atoms with E-state index in [0.717, 1.165) is 32.5 Å². The number of hydrogen-bond acceptors (Lipinski definition) is 4. The zero-order valence-corrected chi connectivity index (χ0v) is 16.3. The van der Waals surface area contributed by atoms with E-state index in [9.17, 15) is 9.59 Å². The average molecular weight is 381 g/mol. The van der Waals surface area contributed by atoms with Crippen molar-refractivity contribution in [3.8, 4) is 0 Å². The Labute approximate surface area is 165 Å². The summed E-state index contributed by atoms with van der Waals surface area (Å²) < 4.78 is 1.64. The van der Waals surface area contributed by atoms with E-state index in [2.05, 4.69) is 22.1 Å². The first-order valence-electron chi connectivity index (χ1n) is 9.96. The van der Waals surface area contributed by atoms with Gasteiger partial charge in [-0.1, -0.05) is 30.3 Å². The van der Waals surface area contributed by atoms with Crippen LogP contribution in [0, 0.1) is 0 Å². The molecule has 0 spiro atoms. The van der Waals surface area contributed by atoms with Crippen molar-refractivity contribution in [3.63, 3.8) is 0 Å². The van der Waals surface area contributed by atoms with Gasteiger partial charge in [-0.3, -0.25) is 19.2 Å². The second kappa shape index (κ2) is 8.14. The minimum absolute atomic E-state index is 0.0217. The predicted molar refractivity (Wildman–Crippen MR) is 106 cm³/mol. The van der Waals surface area contributed by atoms with Crippen LogP contribution in [0.4, 0.5) is 0 Å². The first-order valence-corrected chi connectivity index (χ1v) is 9.96. The van der Waals surface area contributed by atoms with Crippen molar-refractivity contribution in [2.24, 2.45) is 7.05 Å². The zero-order valence-electron chi connectivity index (χ0n) is 16.3. The Morgan fingerprint density at radius 1 is 1.11 bits per heavy atom. The first kappa shape index (κ1) is 18.7. The van der Waals surface area contributed by atoms with Crippen LogP contribution in [-0.4, -0.2) is 75.1 Å². The van der Waals surface area contributed by atoms with E-state index < -0.39 is 0 Å². The molecule has 3 heterocycles. The van der Waals surface area contributed by atoms with Gasteiger partial charge in [-0.05, 0) is 18.4 Å². The molecule has 0 bridgehead atoms. The summed E-state index contributed by atoms with van der Waals surface area (Å²) in [6.45, 7) is 4.27. The summed E-state index contributed by atoms with van der Waals surface area (Å²) in [6.07, 6.45) is 5.29. The van der Waals surface area contributed by atoms with E-state index >= 15 is 0 Å². The molecule has 1 unspecified atom stereocenters. The molecular formula is C21H27N5O2. The number of piperidine rings is 1. The molecule has 0 radical (unpaired) electrons. The number of aryl methyl sites for hydroxylation is 1. The van der Waals surface area contributed by atoms with E-state index in [1.54, 1.807) is 17.1 Å². The zero-order chi connectivity index (χ0) is 19.5. The summed E-state index contributed by atoms with van der Waals surface area (Å²) in [5.74, 6) is 0.246. The second-order valence-corrected chi connectivity index (χ2v) is 7.63. The normalized spacial score (nSPS) is 21.2. The number of rotatable bonds is 4. The third-order valence-electron chi connectivity index (χ3n) is 5.71. The van der Waals surface area contributed by atoms with Crippen LogP contribution in [0.1, 0.15) is 28.8 Å². The van der Waals surface area contributed by atoms with Crippen molar-refractivity contribution in [2.75, 3.05) is 32.7 Å². The number of benzene rings is 1. The molecule has 2 fully saturated rings. The monoisotopic (exact) mass is 381 g/mol. The Morgan fingerprint density at radius 2 is 1.86 bits per heavy atom. The van der Waals surface area contributed by atoms with Crippen molar-refractivity contribution in [2.45, 2.75) is 25.4 Å². The number of amides is 2. The molecule has 7 heteroatoms. The largest absolute Gasteiger partial charge is 0.337 e. The molecule has 2 amide bonds. The molecule has 2 aromatic rings. The Hall–Kier alpha value is -2.67. The Bertz CT molecular complexity index is 826. The van der Waals surface area contributed by atoms with E-state index in [0.29, 0.717) is 25.2 Å². The highest BCUT2D eigenvalue weighted by atomic mass is 16.2. The molecule has 2 aliphatic rings. The van der Waals surface area contributed by atoms with Crippen molar-refractivity contribution in [1.29, 1.82) is 0 Å². The molecule has 4 rings (SSSR count). The Kier molecular flexibility index (Phi) is 5.43. The van der Waals surface area contributed by atoms with Gasteiger partial charge in [-0.2, -0.15) is 5.10 Å². The van der Waals surface area contributed by atoms with Gasteiger partial charge in [0.15, 0.2) is 0 Å². The minimum atomic E-state index is -0.0619. The van der Waals surface area contributed by atoms with Crippen LogP contribution < -0.4 is 0 Å². The van der Waals surface area contributed by atoms with Crippen LogP contribution in [0.25, 0.3) is 0 Å². The standard InChI is InChI=1S/C21H27N5O2/c1-23-16-18(14-22-23)20(27)25-12-10-24(11-13-25)19-8-5-9-26(21(19)28)15-17-6-3-2-4-7-17/h2-4,6-7,14,16,19H,5,8-13,15H2,1H3. The number of piperazine rings is 1. The Balaban J connectivity index is 1.34. The van der Waals surface area contributed by atoms with Crippen LogP contribution in [0.15, 0.2) is 42.7 Å². The van der Waals surface area contributed by atoms with E-state index in [4.69, 9.17) is 0 Å². The van der Waals surface area contributed by atoms with E-state index in [1.165, 1.54) is 5.56 Å². The molecule has 1 atom stereocenters. The van der Waals surface area contributed by atoms with Crippen LogP contribution in [-0.2, 0) is 18.4 Å². The average Bonchev–Trinajstić information content (AvgIpc) is 3.16. The number of carbonyl (C=O) groups is 2. The Morgan fingerprint density at radius 3 is 2.54 bits per heavy atom. The van der Waals surface area contributed by atoms with Gasteiger partial charge in [0.25, 0.3) is 5.91 Å². The summed E-state index contributed by atoms with van der Waals surface area (Å²) in [6, 6.07) is 10.1. The molecule has 1 aromatic heterocycles. The third-order valence-corrected chi connectivity index (χ3v) is 5.71. The SMILES string of the molecule is Cn1cc(C(=O)N2CCN(C3CCCN(Cc4ccccc4)C3=O)CC2)cn1. The van der Waals surface area contributed by atoms with Crippen molar-refractivity contribution in [3.05, 3.63) is 53.9 Å². The fourth-order valence-electron chi connectivity index (χ4n) is 4.17. The molecule has 148 valence electrons. The molecule has 0 aliphatic carbocycles. The lowest BCUT2D eigenvalue weighted by atomic mass is 10.0. The third kappa shape index (κ3) is 3.94. The second-order valence-electron chi connectivity index (χ2n) is 7.63. The van der Waals surface area contributed by atoms with Gasteiger partial charge in [-0.25, -0.2) is 0 Å². The van der Waals surface area contributed by atoms with E-state index in [1.807, 2.05) is 35.0 Å². The molecule has 0 N–H and O–H groups in total. The smallest absolute Gasteiger partial charge is 0.257 e. The van der Waals surface area contributed by atoms with Crippen molar-refractivity contribution < 1.29 is 9.59 Å². The fraction of sp³-hybridized carbons (Fsp3) is 0.476. The van der Waals surface area contributed by atoms with Crippen molar-refractivity contribution >= 4 is 11.8 Å². The van der Waals surface area contributed by atoms with Gasteiger partial charge < -0.3 is 9.80 Å². The number of nitrogens with zero attached hydrogens (tertiary/aromatic N) is 5. The molecule has 0 saturated carbocycles. The summed E-state index contributed by atoms with van der Waals surface area (Å²) in [7, 11) is 1.81. The molecular weight excluding hydrogens is 354 g/mol. The quantitative estimate of drug-likeness (QED) is 0.803. The highest BCUT2D eigenvalue weighted by Gasteiger charge is 2.35. The minimum Gasteiger partial charge on any atom is -0.337 e. The van der Waals surface area contributed by atoms with Gasteiger partial charge >= 0.3 is 0 Å². The highest BCUT2D eigenvalue weighted by Crippen LogP contribution is 2.21. The van der Waals surface area contributed by atoms with Crippen molar-refractivity contribution in [1.82, 2.24) is 24.5 Å².